The molecule has 0 radical (unpaired) electrons. The molecular weight excluding hydrogens is 424 g/mol. The predicted octanol–water partition coefficient (Wildman–Crippen LogP) is 5.68. The van der Waals surface area contributed by atoms with Gasteiger partial charge in [0.1, 0.15) is 22.8 Å². The Morgan fingerprint density at radius 2 is 1.70 bits per heavy atom. The average molecular weight is 448 g/mol. The minimum atomic E-state index is -5.00. The summed E-state index contributed by atoms with van der Waals surface area (Å²) in [6.45, 7) is 8.39. The number of alkyl halides is 2. The molecule has 2 rings (SSSR count). The number of hydrogen-bond donors (Lipinski definition) is 0. The van der Waals surface area contributed by atoms with Gasteiger partial charge >= 0.3 is 5.25 Å². The number of rotatable bonds is 3. The van der Waals surface area contributed by atoms with E-state index in [2.05, 4.69) is 9.52 Å². The van der Waals surface area contributed by atoms with E-state index in [9.17, 15) is 17.8 Å². The van der Waals surface area contributed by atoms with Crippen LogP contribution in [0.5, 0.6) is 0 Å². The highest BCUT2D eigenvalue weighted by atomic mass is 32.2. The van der Waals surface area contributed by atoms with Gasteiger partial charge in [-0.2, -0.15) is 8.78 Å². The van der Waals surface area contributed by atoms with Crippen molar-refractivity contribution in [3.8, 4) is 0 Å². The van der Waals surface area contributed by atoms with Crippen molar-refractivity contribution in [3.05, 3.63) is 59.7 Å². The molecule has 0 bridgehead atoms. The van der Waals surface area contributed by atoms with Crippen LogP contribution in [0.4, 0.5) is 17.6 Å². The lowest BCUT2D eigenvalue weighted by Gasteiger charge is -2.22. The van der Waals surface area contributed by atoms with Crippen molar-refractivity contribution in [1.82, 2.24) is 0 Å². The first-order chi connectivity index (χ1) is 13.9. The molecule has 1 aromatic rings. The van der Waals surface area contributed by atoms with Crippen molar-refractivity contribution in [3.63, 3.8) is 0 Å². The van der Waals surface area contributed by atoms with E-state index in [0.29, 0.717) is 12.1 Å². The second-order valence-electron chi connectivity index (χ2n) is 6.75. The van der Waals surface area contributed by atoms with Gasteiger partial charge in [0.2, 0.25) is 0 Å². The van der Waals surface area contributed by atoms with Crippen molar-refractivity contribution in [2.45, 2.75) is 51.9 Å². The summed E-state index contributed by atoms with van der Waals surface area (Å²) in [5.41, 5.74) is -2.82. The molecule has 1 aromatic carbocycles. The SMILES string of the molecule is C/C=C/C(=O)N=S(=O)(C1=NOC(C)(C)C1)C(F)(F)c1c(F)cccc1F.C/C=C\C. The van der Waals surface area contributed by atoms with E-state index in [1.807, 2.05) is 26.0 Å². The Balaban J connectivity index is 0.00000103. The van der Waals surface area contributed by atoms with Gasteiger partial charge in [0.05, 0.1) is 0 Å². The second-order valence-corrected chi connectivity index (χ2v) is 8.97. The van der Waals surface area contributed by atoms with Gasteiger partial charge in [-0.1, -0.05) is 29.5 Å². The molecule has 0 aromatic heterocycles. The van der Waals surface area contributed by atoms with Crippen LogP contribution in [0.1, 0.15) is 46.6 Å². The number of hydrogen-bond acceptors (Lipinski definition) is 4. The molecule has 0 saturated heterocycles. The maximum Gasteiger partial charge on any atom is 0.365 e. The van der Waals surface area contributed by atoms with Gasteiger partial charge < -0.3 is 4.84 Å². The maximum absolute atomic E-state index is 15.1. The van der Waals surface area contributed by atoms with Crippen molar-refractivity contribution in [2.24, 2.45) is 9.52 Å². The molecule has 5 nitrogen and oxygen atoms in total. The molecule has 0 saturated carbocycles. The van der Waals surface area contributed by atoms with Crippen LogP contribution in [-0.2, 0) is 24.6 Å². The Bertz CT molecular complexity index is 968. The molecular formula is C20H24F4N2O3S. The summed E-state index contributed by atoms with van der Waals surface area (Å²) in [5.74, 6) is -4.48. The Kier molecular flexibility index (Phi) is 8.53. The zero-order chi connectivity index (χ0) is 23.2. The molecule has 0 spiro atoms. The summed E-state index contributed by atoms with van der Waals surface area (Å²) in [4.78, 5) is 16.7. The van der Waals surface area contributed by atoms with E-state index in [4.69, 9.17) is 4.84 Å². The number of benzene rings is 1. The topological polar surface area (TPSA) is 68.1 Å². The molecule has 1 amide bonds. The van der Waals surface area contributed by atoms with E-state index in [1.165, 1.54) is 26.8 Å². The standard InChI is InChI=1S/C16H16F4N2O3S.C4H8/c1-4-6-12(23)22-26(24,13-9-15(2,3)25-21-13)16(19,20)14-10(17)7-5-8-11(14)18;1-3-4-2/h4-8H,9H2,1-3H3;3-4H,1-2H3/b6-4+;4-3-. The summed E-state index contributed by atoms with van der Waals surface area (Å²) in [5, 5.41) is -2.04. The molecule has 1 aliphatic heterocycles. The molecule has 1 heterocycles. The number of halogens is 4. The highest BCUT2D eigenvalue weighted by Gasteiger charge is 2.54. The van der Waals surface area contributed by atoms with Gasteiger partial charge in [0.25, 0.3) is 5.91 Å². The zero-order valence-corrected chi connectivity index (χ0v) is 18.1. The third-order valence-corrected chi connectivity index (χ3v) is 5.95. The van der Waals surface area contributed by atoms with Crippen LogP contribution in [0.3, 0.4) is 0 Å². The van der Waals surface area contributed by atoms with E-state index >= 15 is 8.78 Å². The fourth-order valence-corrected chi connectivity index (χ4v) is 4.21. The maximum atomic E-state index is 15.1. The number of carbonyl (C=O) groups is 1. The minimum absolute atomic E-state index is 0.357. The Morgan fingerprint density at radius 1 is 1.17 bits per heavy atom. The van der Waals surface area contributed by atoms with Crippen molar-refractivity contribution >= 4 is 20.7 Å². The van der Waals surface area contributed by atoms with E-state index in [1.54, 1.807) is 0 Å². The monoisotopic (exact) mass is 448 g/mol. The highest BCUT2D eigenvalue weighted by molar-refractivity contribution is 8.09. The van der Waals surface area contributed by atoms with Gasteiger partial charge in [-0.15, -0.1) is 4.36 Å². The van der Waals surface area contributed by atoms with Crippen LogP contribution in [-0.4, -0.2) is 20.8 Å². The molecule has 1 atom stereocenters. The smallest absolute Gasteiger partial charge is 0.365 e. The van der Waals surface area contributed by atoms with Gasteiger partial charge in [-0.25, -0.2) is 13.0 Å². The van der Waals surface area contributed by atoms with Crippen LogP contribution in [0.25, 0.3) is 0 Å². The van der Waals surface area contributed by atoms with Crippen molar-refractivity contribution in [1.29, 1.82) is 0 Å². The molecule has 0 fully saturated rings. The van der Waals surface area contributed by atoms with Gasteiger partial charge in [0.15, 0.2) is 14.8 Å². The molecule has 1 unspecified atom stereocenters. The van der Waals surface area contributed by atoms with Crippen LogP contribution in [0.2, 0.25) is 0 Å². The Morgan fingerprint density at radius 3 is 2.10 bits per heavy atom. The Hall–Kier alpha value is -2.49. The molecule has 1 aliphatic rings. The van der Waals surface area contributed by atoms with Gasteiger partial charge in [-0.05, 0) is 46.8 Å². The van der Waals surface area contributed by atoms with Crippen molar-refractivity contribution < 1.29 is 31.4 Å². The second kappa shape index (κ2) is 10.0. The summed E-state index contributed by atoms with van der Waals surface area (Å²) in [6, 6.07) is 2.07. The summed E-state index contributed by atoms with van der Waals surface area (Å²) in [6.07, 6.45) is 5.64. The van der Waals surface area contributed by atoms with Crippen LogP contribution in [0.15, 0.2) is 52.0 Å². The summed E-state index contributed by atoms with van der Waals surface area (Å²) in [7, 11) is -5.00. The first-order valence-corrected chi connectivity index (χ1v) is 10.5. The summed E-state index contributed by atoms with van der Waals surface area (Å²) >= 11 is 0. The van der Waals surface area contributed by atoms with Gasteiger partial charge in [0, 0.05) is 12.5 Å². The van der Waals surface area contributed by atoms with Crippen molar-refractivity contribution in [2.75, 3.05) is 0 Å². The molecule has 10 heteroatoms. The minimum Gasteiger partial charge on any atom is -0.389 e. The molecule has 0 N–H and O–H groups in total. The van der Waals surface area contributed by atoms with E-state index < -0.39 is 48.7 Å². The van der Waals surface area contributed by atoms with Crippen LogP contribution >= 0.6 is 0 Å². The lowest BCUT2D eigenvalue weighted by atomic mass is 10.1. The van der Waals surface area contributed by atoms with Gasteiger partial charge in [-0.3, -0.25) is 4.79 Å². The van der Waals surface area contributed by atoms with Crippen LogP contribution in [0, 0.1) is 11.6 Å². The molecule has 166 valence electrons. The highest BCUT2D eigenvalue weighted by Crippen LogP contribution is 2.42. The number of nitrogens with zero attached hydrogens (tertiary/aromatic N) is 2. The number of oxime groups is 1. The first-order valence-electron chi connectivity index (χ1n) is 8.94. The lowest BCUT2D eigenvalue weighted by molar-refractivity contribution is -0.113. The van der Waals surface area contributed by atoms with E-state index in [-0.39, 0.29) is 6.42 Å². The zero-order valence-electron chi connectivity index (χ0n) is 17.3. The quantitative estimate of drug-likeness (QED) is 0.339. The first kappa shape index (κ1) is 25.5. The van der Waals surface area contributed by atoms with Crippen LogP contribution < -0.4 is 0 Å². The number of carbonyl (C=O) groups excluding carboxylic acids is 1. The third kappa shape index (κ3) is 5.56. The number of allylic oxidation sites excluding steroid dienone is 3. The molecule has 30 heavy (non-hydrogen) atoms. The third-order valence-electron chi connectivity index (χ3n) is 3.75. The summed E-state index contributed by atoms with van der Waals surface area (Å²) < 4.78 is 74.3. The fourth-order valence-electron chi connectivity index (χ4n) is 2.22. The fraction of sp³-hybridized carbons (Fsp3) is 0.400. The molecule has 0 aliphatic carbocycles. The average Bonchev–Trinajstić information content (AvgIpc) is 3.02. The normalized spacial score (nSPS) is 17.7. The predicted molar refractivity (Wildman–Crippen MR) is 108 cm³/mol. The number of amides is 1. The Labute approximate surface area is 173 Å². The lowest BCUT2D eigenvalue weighted by Crippen LogP contribution is -2.35. The largest absolute Gasteiger partial charge is 0.389 e. The van der Waals surface area contributed by atoms with E-state index in [0.717, 1.165) is 12.1 Å².